The lowest BCUT2D eigenvalue weighted by molar-refractivity contribution is 0.101. The molecule has 0 aliphatic carbocycles. The van der Waals surface area contributed by atoms with Crippen LogP contribution in [-0.4, -0.2) is 19.5 Å². The summed E-state index contributed by atoms with van der Waals surface area (Å²) in [6.45, 7) is 2.32. The van der Waals surface area contributed by atoms with Crippen molar-refractivity contribution in [3.63, 3.8) is 0 Å². The highest BCUT2D eigenvalue weighted by atomic mass is 16.5. The van der Waals surface area contributed by atoms with Gasteiger partial charge in [-0.2, -0.15) is 0 Å². The number of allylic oxidation sites excluding steroid dienone is 1. The molecule has 0 amide bonds. The summed E-state index contributed by atoms with van der Waals surface area (Å²) < 4.78 is 17.2. The van der Waals surface area contributed by atoms with Gasteiger partial charge in [0.25, 0.3) is 0 Å². The van der Waals surface area contributed by atoms with Crippen LogP contribution in [0.3, 0.4) is 0 Å². The van der Waals surface area contributed by atoms with E-state index in [1.807, 2.05) is 79.7 Å². The quantitative estimate of drug-likeness (QED) is 0.499. The first-order valence-corrected chi connectivity index (χ1v) is 9.72. The van der Waals surface area contributed by atoms with E-state index in [0.29, 0.717) is 29.4 Å². The van der Waals surface area contributed by atoms with E-state index in [-0.39, 0.29) is 11.5 Å². The molecular formula is C26H22O4. The number of hydrogen-bond donors (Lipinski definition) is 0. The number of ether oxygens (including phenoxy) is 3. The fraction of sp³-hybridized carbons (Fsp3) is 0.115. The normalized spacial score (nSPS) is 14.1. The number of benzene rings is 3. The van der Waals surface area contributed by atoms with Crippen LogP contribution in [0.15, 0.2) is 78.6 Å². The molecule has 0 bridgehead atoms. The molecule has 4 heteroatoms. The molecule has 0 spiro atoms. The minimum absolute atomic E-state index is 0.144. The van der Waals surface area contributed by atoms with Gasteiger partial charge >= 0.3 is 0 Å². The zero-order valence-corrected chi connectivity index (χ0v) is 16.9. The lowest BCUT2D eigenvalue weighted by Gasteiger charge is -2.10. The Morgan fingerprint density at radius 3 is 2.50 bits per heavy atom. The topological polar surface area (TPSA) is 44.8 Å². The molecule has 4 rings (SSSR count). The Morgan fingerprint density at radius 2 is 1.70 bits per heavy atom. The van der Waals surface area contributed by atoms with Gasteiger partial charge in [-0.3, -0.25) is 4.79 Å². The Kier molecular flexibility index (Phi) is 5.66. The molecule has 0 saturated carbocycles. The number of para-hydroxylation sites is 1. The second-order valence-corrected chi connectivity index (χ2v) is 6.87. The number of rotatable bonds is 6. The largest absolute Gasteiger partial charge is 0.496 e. The van der Waals surface area contributed by atoms with E-state index in [2.05, 4.69) is 0 Å². The number of carbonyl (C=O) groups excluding carboxylic acids is 1. The van der Waals surface area contributed by atoms with E-state index in [9.17, 15) is 4.79 Å². The molecule has 0 aromatic heterocycles. The molecular weight excluding hydrogens is 376 g/mol. The Morgan fingerprint density at radius 1 is 0.933 bits per heavy atom. The van der Waals surface area contributed by atoms with Crippen molar-refractivity contribution in [3.8, 4) is 17.2 Å². The SMILES string of the molecule is COc1ccccc1/C=C1\Oc2c(ccc(OC/C=C/c3ccccc3)c2C)C1=O. The molecule has 4 nitrogen and oxygen atoms in total. The van der Waals surface area contributed by atoms with Gasteiger partial charge in [-0.25, -0.2) is 0 Å². The maximum Gasteiger partial charge on any atom is 0.231 e. The van der Waals surface area contributed by atoms with Crippen molar-refractivity contribution in [2.75, 3.05) is 13.7 Å². The third-order valence-electron chi connectivity index (χ3n) is 4.91. The van der Waals surface area contributed by atoms with Gasteiger partial charge in [0.05, 0.1) is 12.7 Å². The third kappa shape index (κ3) is 3.98. The van der Waals surface area contributed by atoms with Gasteiger partial charge in [0.2, 0.25) is 5.78 Å². The third-order valence-corrected chi connectivity index (χ3v) is 4.91. The zero-order chi connectivity index (χ0) is 20.9. The van der Waals surface area contributed by atoms with E-state index in [4.69, 9.17) is 14.2 Å². The van der Waals surface area contributed by atoms with Crippen LogP contribution in [0.4, 0.5) is 0 Å². The van der Waals surface area contributed by atoms with Gasteiger partial charge in [-0.05, 0) is 42.8 Å². The molecule has 3 aromatic rings. The van der Waals surface area contributed by atoms with Crippen LogP contribution < -0.4 is 14.2 Å². The van der Waals surface area contributed by atoms with Crippen molar-refractivity contribution in [2.24, 2.45) is 0 Å². The molecule has 0 atom stereocenters. The van der Waals surface area contributed by atoms with Crippen LogP contribution in [0.25, 0.3) is 12.2 Å². The van der Waals surface area contributed by atoms with Crippen molar-refractivity contribution in [1.82, 2.24) is 0 Å². The number of fused-ring (bicyclic) bond motifs is 1. The van der Waals surface area contributed by atoms with Crippen LogP contribution in [-0.2, 0) is 0 Å². The summed E-state index contributed by atoms with van der Waals surface area (Å²) in [4.78, 5) is 12.8. The smallest absolute Gasteiger partial charge is 0.231 e. The summed E-state index contributed by atoms with van der Waals surface area (Å²) in [6, 6.07) is 21.1. The molecule has 0 saturated heterocycles. The van der Waals surface area contributed by atoms with Crippen LogP contribution >= 0.6 is 0 Å². The van der Waals surface area contributed by atoms with Gasteiger partial charge in [0, 0.05) is 11.1 Å². The van der Waals surface area contributed by atoms with Crippen molar-refractivity contribution in [2.45, 2.75) is 6.92 Å². The fourth-order valence-electron chi connectivity index (χ4n) is 3.34. The van der Waals surface area contributed by atoms with Gasteiger partial charge in [-0.15, -0.1) is 0 Å². The van der Waals surface area contributed by atoms with E-state index in [1.54, 1.807) is 19.3 Å². The lowest BCUT2D eigenvalue weighted by Crippen LogP contribution is -1.98. The first-order valence-electron chi connectivity index (χ1n) is 9.72. The predicted octanol–water partition coefficient (Wildman–Crippen LogP) is 5.71. The second kappa shape index (κ2) is 8.70. The lowest BCUT2D eigenvalue weighted by atomic mass is 10.1. The molecule has 1 aliphatic heterocycles. The van der Waals surface area contributed by atoms with E-state index in [0.717, 1.165) is 16.7 Å². The highest BCUT2D eigenvalue weighted by Gasteiger charge is 2.30. The number of methoxy groups -OCH3 is 1. The predicted molar refractivity (Wildman–Crippen MR) is 118 cm³/mol. The summed E-state index contributed by atoms with van der Waals surface area (Å²) in [5.41, 5.74) is 3.25. The van der Waals surface area contributed by atoms with Crippen molar-refractivity contribution < 1.29 is 19.0 Å². The van der Waals surface area contributed by atoms with Gasteiger partial charge in [0.1, 0.15) is 23.9 Å². The maximum atomic E-state index is 12.8. The summed E-state index contributed by atoms with van der Waals surface area (Å²) >= 11 is 0. The maximum absolute atomic E-state index is 12.8. The first kappa shape index (κ1) is 19.5. The summed E-state index contributed by atoms with van der Waals surface area (Å²) in [7, 11) is 1.60. The minimum Gasteiger partial charge on any atom is -0.496 e. The van der Waals surface area contributed by atoms with Crippen LogP contribution in [0, 0.1) is 6.92 Å². The molecule has 1 aliphatic rings. The number of hydrogen-bond acceptors (Lipinski definition) is 4. The summed E-state index contributed by atoms with van der Waals surface area (Å²) in [6.07, 6.45) is 5.68. The van der Waals surface area contributed by atoms with Crippen LogP contribution in [0.2, 0.25) is 0 Å². The molecule has 0 N–H and O–H groups in total. The molecule has 1 heterocycles. The second-order valence-electron chi connectivity index (χ2n) is 6.87. The van der Waals surface area contributed by atoms with E-state index < -0.39 is 0 Å². The standard InChI is InChI=1S/C26H22O4/c1-18-22(29-16-8-11-19-9-4-3-5-10-19)15-14-21-25(27)24(30-26(18)21)17-20-12-6-7-13-23(20)28-2/h3-15,17H,16H2,1-2H3/b11-8+,24-17-. The van der Waals surface area contributed by atoms with E-state index >= 15 is 0 Å². The van der Waals surface area contributed by atoms with Crippen molar-refractivity contribution in [3.05, 3.63) is 101 Å². The summed E-state index contributed by atoms with van der Waals surface area (Å²) in [5.74, 6) is 2.06. The van der Waals surface area contributed by atoms with E-state index in [1.165, 1.54) is 0 Å². The Balaban J connectivity index is 1.51. The highest BCUT2D eigenvalue weighted by Crippen LogP contribution is 2.39. The Hall–Kier alpha value is -3.79. The van der Waals surface area contributed by atoms with Gasteiger partial charge in [-0.1, -0.05) is 54.6 Å². The minimum atomic E-state index is -0.144. The van der Waals surface area contributed by atoms with Gasteiger partial charge in [0.15, 0.2) is 5.76 Å². The average molecular weight is 398 g/mol. The average Bonchev–Trinajstić information content (AvgIpc) is 3.10. The van der Waals surface area contributed by atoms with Crippen molar-refractivity contribution >= 4 is 17.9 Å². The van der Waals surface area contributed by atoms with Crippen molar-refractivity contribution in [1.29, 1.82) is 0 Å². The van der Waals surface area contributed by atoms with Crippen LogP contribution in [0.1, 0.15) is 27.0 Å². The molecule has 30 heavy (non-hydrogen) atoms. The fourth-order valence-corrected chi connectivity index (χ4v) is 3.34. The molecule has 3 aromatic carbocycles. The Bertz CT molecular complexity index is 1130. The molecule has 0 unspecified atom stereocenters. The van der Waals surface area contributed by atoms with Gasteiger partial charge < -0.3 is 14.2 Å². The number of ketones is 1. The Labute approximate surface area is 176 Å². The molecule has 0 radical (unpaired) electrons. The highest BCUT2D eigenvalue weighted by molar-refractivity contribution is 6.15. The zero-order valence-electron chi connectivity index (χ0n) is 16.9. The molecule has 0 fully saturated rings. The van der Waals surface area contributed by atoms with Crippen LogP contribution in [0.5, 0.6) is 17.2 Å². The monoisotopic (exact) mass is 398 g/mol. The molecule has 150 valence electrons. The number of carbonyl (C=O) groups is 1. The summed E-state index contributed by atoms with van der Waals surface area (Å²) in [5, 5.41) is 0. The number of Topliss-reactive ketones (excluding diaryl/α,β-unsaturated/α-hetero) is 1. The first-order chi connectivity index (χ1) is 14.7.